The van der Waals surface area contributed by atoms with Gasteiger partial charge in [-0.15, -0.1) is 11.3 Å². The first-order valence-corrected chi connectivity index (χ1v) is 12.7. The molecule has 0 bridgehead atoms. The van der Waals surface area contributed by atoms with Crippen LogP contribution in [0.3, 0.4) is 0 Å². The lowest BCUT2D eigenvalue weighted by Crippen LogP contribution is -2.48. The van der Waals surface area contributed by atoms with E-state index < -0.39 is 10.0 Å². The van der Waals surface area contributed by atoms with Crippen molar-refractivity contribution in [3.63, 3.8) is 0 Å². The van der Waals surface area contributed by atoms with Gasteiger partial charge < -0.3 is 4.74 Å². The molecule has 1 fully saturated rings. The Morgan fingerprint density at radius 1 is 1.16 bits per heavy atom. The van der Waals surface area contributed by atoms with Crippen LogP contribution < -0.4 is 0 Å². The van der Waals surface area contributed by atoms with Crippen LogP contribution in [0.2, 0.25) is 0 Å². The molecule has 0 saturated carbocycles. The van der Waals surface area contributed by atoms with E-state index in [-0.39, 0.29) is 11.0 Å². The molecule has 1 atom stereocenters. The highest BCUT2D eigenvalue weighted by Crippen LogP contribution is 2.23. The predicted octanol–water partition coefficient (Wildman–Crippen LogP) is 2.93. The van der Waals surface area contributed by atoms with Crippen molar-refractivity contribution in [2.75, 3.05) is 32.8 Å². The van der Waals surface area contributed by atoms with Crippen molar-refractivity contribution >= 4 is 21.4 Å². The SMILES string of the molecule is CCOC(C)c1nc(CN2CCN(S(=O)(=O)c3cnn(-c4ccccc4)c3)CC2)cs1. The van der Waals surface area contributed by atoms with Gasteiger partial charge in [0.1, 0.15) is 16.0 Å². The summed E-state index contributed by atoms with van der Waals surface area (Å²) in [5.74, 6) is 0. The molecule has 1 aromatic carbocycles. The van der Waals surface area contributed by atoms with Gasteiger partial charge in [0.2, 0.25) is 10.0 Å². The maximum Gasteiger partial charge on any atom is 0.246 e. The maximum absolute atomic E-state index is 13.1. The highest BCUT2D eigenvalue weighted by atomic mass is 32.2. The highest BCUT2D eigenvalue weighted by Gasteiger charge is 2.30. The fraction of sp³-hybridized carbons (Fsp3) is 0.429. The zero-order chi connectivity index (χ0) is 21.8. The molecule has 166 valence electrons. The summed E-state index contributed by atoms with van der Waals surface area (Å²) in [5, 5.41) is 7.27. The van der Waals surface area contributed by atoms with E-state index in [1.807, 2.05) is 44.2 Å². The monoisotopic (exact) mass is 461 g/mol. The minimum Gasteiger partial charge on any atom is -0.372 e. The van der Waals surface area contributed by atoms with Gasteiger partial charge in [0.05, 0.1) is 23.8 Å². The molecule has 3 aromatic rings. The Kier molecular flexibility index (Phi) is 6.83. The van der Waals surface area contributed by atoms with Gasteiger partial charge in [0, 0.05) is 44.7 Å². The molecule has 10 heteroatoms. The Morgan fingerprint density at radius 3 is 2.61 bits per heavy atom. The minimum absolute atomic E-state index is 0.00235. The molecule has 0 radical (unpaired) electrons. The molecule has 4 rings (SSSR count). The van der Waals surface area contributed by atoms with E-state index in [1.165, 1.54) is 6.20 Å². The molecule has 0 amide bonds. The second-order valence-corrected chi connectivity index (χ2v) is 10.2. The topological polar surface area (TPSA) is 80.6 Å². The molecule has 8 nitrogen and oxygen atoms in total. The fourth-order valence-electron chi connectivity index (χ4n) is 3.57. The molecular formula is C21H27N5O3S2. The zero-order valence-corrected chi connectivity index (χ0v) is 19.3. The number of ether oxygens (including phenoxy) is 1. The third-order valence-electron chi connectivity index (χ3n) is 5.27. The molecule has 3 heterocycles. The highest BCUT2D eigenvalue weighted by molar-refractivity contribution is 7.89. The summed E-state index contributed by atoms with van der Waals surface area (Å²) in [6.45, 7) is 7.60. The van der Waals surface area contributed by atoms with Crippen molar-refractivity contribution in [1.29, 1.82) is 0 Å². The lowest BCUT2D eigenvalue weighted by Gasteiger charge is -2.33. The van der Waals surface area contributed by atoms with Crippen LogP contribution in [0.25, 0.3) is 5.69 Å². The molecule has 0 aliphatic carbocycles. The van der Waals surface area contributed by atoms with Crippen molar-refractivity contribution in [3.8, 4) is 5.69 Å². The maximum atomic E-state index is 13.1. The fourth-order valence-corrected chi connectivity index (χ4v) is 5.74. The van der Waals surface area contributed by atoms with Gasteiger partial charge >= 0.3 is 0 Å². The Balaban J connectivity index is 1.36. The molecule has 1 saturated heterocycles. The lowest BCUT2D eigenvalue weighted by molar-refractivity contribution is 0.0759. The number of thiazole rings is 1. The Labute approximate surface area is 187 Å². The van der Waals surface area contributed by atoms with Crippen molar-refractivity contribution in [2.45, 2.75) is 31.4 Å². The first-order valence-electron chi connectivity index (χ1n) is 10.4. The number of aromatic nitrogens is 3. The molecule has 2 aromatic heterocycles. The van der Waals surface area contributed by atoms with Crippen LogP contribution >= 0.6 is 11.3 Å². The van der Waals surface area contributed by atoms with Crippen LogP contribution in [-0.2, 0) is 21.3 Å². The second-order valence-electron chi connectivity index (χ2n) is 7.41. The molecule has 0 N–H and O–H groups in total. The molecule has 1 aliphatic heterocycles. The summed E-state index contributed by atoms with van der Waals surface area (Å²) in [6, 6.07) is 9.48. The number of hydrogen-bond acceptors (Lipinski definition) is 7. The zero-order valence-electron chi connectivity index (χ0n) is 17.7. The van der Waals surface area contributed by atoms with E-state index in [0.717, 1.165) is 22.9 Å². The number of hydrogen-bond donors (Lipinski definition) is 0. The summed E-state index contributed by atoms with van der Waals surface area (Å²) in [4.78, 5) is 7.14. The summed E-state index contributed by atoms with van der Waals surface area (Å²) in [5.41, 5.74) is 1.84. The Hall–Kier alpha value is -2.11. The third-order valence-corrected chi connectivity index (χ3v) is 8.17. The van der Waals surface area contributed by atoms with Crippen LogP contribution in [0, 0.1) is 0 Å². The van der Waals surface area contributed by atoms with Gasteiger partial charge in [0.25, 0.3) is 0 Å². The lowest BCUT2D eigenvalue weighted by atomic mass is 10.3. The number of sulfonamides is 1. The van der Waals surface area contributed by atoms with Gasteiger partial charge in [-0.05, 0) is 26.0 Å². The summed E-state index contributed by atoms with van der Waals surface area (Å²) in [7, 11) is -3.57. The molecule has 1 aliphatic rings. The first-order chi connectivity index (χ1) is 15.0. The van der Waals surface area contributed by atoms with Crippen molar-refractivity contribution in [2.24, 2.45) is 0 Å². The molecule has 31 heavy (non-hydrogen) atoms. The molecule has 0 spiro atoms. The largest absolute Gasteiger partial charge is 0.372 e. The van der Waals surface area contributed by atoms with E-state index in [4.69, 9.17) is 4.74 Å². The standard InChI is InChI=1S/C21H27N5O3S2/c1-3-29-17(2)21-23-18(16-30-21)14-24-9-11-25(12-10-24)31(27,28)20-13-22-26(15-20)19-7-5-4-6-8-19/h4-8,13,15-17H,3,9-12,14H2,1-2H3. The summed E-state index contributed by atoms with van der Waals surface area (Å²) in [6.07, 6.45) is 3.00. The van der Waals surface area contributed by atoms with Crippen LogP contribution in [0.5, 0.6) is 0 Å². The van der Waals surface area contributed by atoms with Gasteiger partial charge in [-0.25, -0.2) is 18.1 Å². The number of piperazine rings is 1. The van der Waals surface area contributed by atoms with E-state index in [1.54, 1.807) is 26.5 Å². The van der Waals surface area contributed by atoms with E-state index in [2.05, 4.69) is 20.4 Å². The van der Waals surface area contributed by atoms with Crippen molar-refractivity contribution in [3.05, 3.63) is 58.8 Å². The van der Waals surface area contributed by atoms with Crippen LogP contribution in [-0.4, -0.2) is 65.2 Å². The Morgan fingerprint density at radius 2 is 1.90 bits per heavy atom. The van der Waals surface area contributed by atoms with E-state index >= 15 is 0 Å². The van der Waals surface area contributed by atoms with Crippen LogP contribution in [0.15, 0.2) is 53.0 Å². The van der Waals surface area contributed by atoms with E-state index in [0.29, 0.717) is 32.8 Å². The van der Waals surface area contributed by atoms with Crippen LogP contribution in [0.1, 0.15) is 30.7 Å². The third kappa shape index (κ3) is 5.04. The summed E-state index contributed by atoms with van der Waals surface area (Å²) < 4.78 is 34.9. The normalized spacial score (nSPS) is 17.1. The van der Waals surface area contributed by atoms with Crippen LogP contribution in [0.4, 0.5) is 0 Å². The summed E-state index contributed by atoms with van der Waals surface area (Å²) >= 11 is 1.61. The van der Waals surface area contributed by atoms with Crippen molar-refractivity contribution in [1.82, 2.24) is 24.0 Å². The van der Waals surface area contributed by atoms with Gasteiger partial charge in [-0.3, -0.25) is 4.90 Å². The smallest absolute Gasteiger partial charge is 0.246 e. The quantitative estimate of drug-likeness (QED) is 0.513. The number of rotatable bonds is 8. The van der Waals surface area contributed by atoms with Crippen molar-refractivity contribution < 1.29 is 13.2 Å². The van der Waals surface area contributed by atoms with Gasteiger partial charge in [-0.1, -0.05) is 18.2 Å². The average Bonchev–Trinajstić information content (AvgIpc) is 3.46. The number of nitrogens with zero attached hydrogens (tertiary/aromatic N) is 5. The average molecular weight is 462 g/mol. The second kappa shape index (κ2) is 9.58. The van der Waals surface area contributed by atoms with Gasteiger partial charge in [0.15, 0.2) is 0 Å². The minimum atomic E-state index is -3.57. The predicted molar refractivity (Wildman–Crippen MR) is 120 cm³/mol. The Bertz CT molecular complexity index is 1090. The number of para-hydroxylation sites is 1. The van der Waals surface area contributed by atoms with E-state index in [9.17, 15) is 8.42 Å². The molecule has 1 unspecified atom stereocenters. The van der Waals surface area contributed by atoms with Gasteiger partial charge in [-0.2, -0.15) is 9.40 Å². The number of benzene rings is 1. The first kappa shape index (κ1) is 22.1. The molecular weight excluding hydrogens is 434 g/mol.